The van der Waals surface area contributed by atoms with E-state index < -0.39 is 11.9 Å². The van der Waals surface area contributed by atoms with Gasteiger partial charge in [0.25, 0.3) is 5.91 Å². The Labute approximate surface area is 198 Å². The number of carbonyl (C=O) groups excluding carboxylic acids is 2. The van der Waals surface area contributed by atoms with Gasteiger partial charge in [-0.15, -0.1) is 0 Å². The Morgan fingerprint density at radius 2 is 2.00 bits per heavy atom. The number of aryl methyl sites for hydroxylation is 2. The molecular formula is C25H29FN6O2. The Bertz CT molecular complexity index is 1170. The normalized spacial score (nSPS) is 14.6. The number of halogens is 1. The first-order chi connectivity index (χ1) is 16.4. The number of aromatic nitrogens is 3. The van der Waals surface area contributed by atoms with Crippen LogP contribution < -0.4 is 16.0 Å². The van der Waals surface area contributed by atoms with E-state index in [1.54, 1.807) is 61.4 Å². The van der Waals surface area contributed by atoms with Crippen molar-refractivity contribution in [2.45, 2.75) is 45.1 Å². The van der Waals surface area contributed by atoms with Crippen LogP contribution in [0.4, 0.5) is 21.6 Å². The lowest BCUT2D eigenvalue weighted by Crippen LogP contribution is -2.44. The molecule has 2 heterocycles. The van der Waals surface area contributed by atoms with E-state index in [0.29, 0.717) is 34.8 Å². The van der Waals surface area contributed by atoms with Gasteiger partial charge in [0.2, 0.25) is 5.91 Å². The summed E-state index contributed by atoms with van der Waals surface area (Å²) in [6.07, 6.45) is 9.78. The van der Waals surface area contributed by atoms with E-state index in [1.807, 2.05) is 0 Å². The van der Waals surface area contributed by atoms with Crippen LogP contribution in [-0.4, -0.2) is 32.6 Å². The molecule has 9 heteroatoms. The molecule has 2 amide bonds. The minimum Gasteiger partial charge on any atom is -0.340 e. The smallest absolute Gasteiger partial charge is 0.252 e. The van der Waals surface area contributed by atoms with Crippen molar-refractivity contribution in [1.82, 2.24) is 20.1 Å². The second-order valence-electron chi connectivity index (χ2n) is 8.80. The van der Waals surface area contributed by atoms with Crippen LogP contribution in [0.1, 0.15) is 48.0 Å². The molecule has 1 fully saturated rings. The van der Waals surface area contributed by atoms with E-state index >= 15 is 0 Å². The third-order valence-corrected chi connectivity index (χ3v) is 6.11. The lowest BCUT2D eigenvalue weighted by Gasteiger charge is -2.21. The summed E-state index contributed by atoms with van der Waals surface area (Å²) in [6.45, 7) is 1.66. The molecule has 0 saturated heterocycles. The molecule has 3 N–H and O–H groups in total. The molecule has 8 nitrogen and oxygen atoms in total. The van der Waals surface area contributed by atoms with E-state index in [1.165, 1.54) is 6.20 Å². The molecule has 1 aromatic carbocycles. The number of nitrogens with one attached hydrogen (secondary N) is 3. The monoisotopic (exact) mass is 464 g/mol. The van der Waals surface area contributed by atoms with Crippen molar-refractivity contribution in [2.75, 3.05) is 10.6 Å². The van der Waals surface area contributed by atoms with Crippen LogP contribution in [0.2, 0.25) is 0 Å². The van der Waals surface area contributed by atoms with Crippen LogP contribution in [-0.2, 0) is 11.8 Å². The van der Waals surface area contributed by atoms with Gasteiger partial charge in [-0.05, 0) is 49.1 Å². The molecule has 4 rings (SSSR count). The van der Waals surface area contributed by atoms with E-state index in [4.69, 9.17) is 0 Å². The first kappa shape index (κ1) is 23.4. The first-order valence-corrected chi connectivity index (χ1v) is 11.5. The number of benzene rings is 1. The summed E-state index contributed by atoms with van der Waals surface area (Å²) in [5.41, 5.74) is 1.94. The number of nitrogens with zero attached hydrogens (tertiary/aromatic N) is 3. The third kappa shape index (κ3) is 5.78. The Hall–Kier alpha value is -3.75. The van der Waals surface area contributed by atoms with E-state index in [0.717, 1.165) is 25.7 Å². The third-order valence-electron chi connectivity index (χ3n) is 6.11. The van der Waals surface area contributed by atoms with Crippen LogP contribution in [0.25, 0.3) is 0 Å². The SMILES string of the molecule is Cc1ccnc(Nc2cccc(C(=O)NC(CC3CCCC3)C(=O)Nc3cnn(C)c3)c2)c1F. The van der Waals surface area contributed by atoms with Crippen molar-refractivity contribution in [2.24, 2.45) is 13.0 Å². The van der Waals surface area contributed by atoms with Gasteiger partial charge in [-0.2, -0.15) is 5.10 Å². The fourth-order valence-corrected chi connectivity index (χ4v) is 4.27. The highest BCUT2D eigenvalue weighted by molar-refractivity contribution is 6.01. The second-order valence-corrected chi connectivity index (χ2v) is 8.80. The molecule has 1 aliphatic carbocycles. The number of rotatable bonds is 8. The largest absolute Gasteiger partial charge is 0.340 e. The van der Waals surface area contributed by atoms with Gasteiger partial charge in [0.15, 0.2) is 11.6 Å². The molecule has 1 saturated carbocycles. The summed E-state index contributed by atoms with van der Waals surface area (Å²) in [5, 5.41) is 12.7. The van der Waals surface area contributed by atoms with Crippen LogP contribution >= 0.6 is 0 Å². The number of carbonyl (C=O) groups is 2. The standard InChI is InChI=1S/C25H29FN6O2/c1-16-10-11-27-23(22(16)26)29-19-9-5-8-18(13-19)24(33)31-21(12-17-6-3-4-7-17)25(34)30-20-14-28-32(2)15-20/h5,8-11,13-15,17,21H,3-4,6-7,12H2,1-2H3,(H,27,29)(H,30,34)(H,31,33). The maximum atomic E-state index is 14.3. The van der Waals surface area contributed by atoms with Gasteiger partial charge >= 0.3 is 0 Å². The van der Waals surface area contributed by atoms with Crippen LogP contribution in [0.15, 0.2) is 48.9 Å². The van der Waals surface area contributed by atoms with Gasteiger partial charge in [0.1, 0.15) is 6.04 Å². The molecule has 1 atom stereocenters. The lowest BCUT2D eigenvalue weighted by atomic mass is 9.97. The highest BCUT2D eigenvalue weighted by atomic mass is 19.1. The minimum absolute atomic E-state index is 0.0903. The number of hydrogen-bond donors (Lipinski definition) is 3. The molecule has 0 spiro atoms. The predicted octanol–water partition coefficient (Wildman–Crippen LogP) is 4.32. The number of anilines is 3. The highest BCUT2D eigenvalue weighted by Gasteiger charge is 2.27. The zero-order valence-corrected chi connectivity index (χ0v) is 19.3. The Morgan fingerprint density at radius 3 is 2.74 bits per heavy atom. The van der Waals surface area contributed by atoms with Gasteiger partial charge in [0, 0.05) is 30.7 Å². The molecule has 0 bridgehead atoms. The van der Waals surface area contributed by atoms with E-state index in [9.17, 15) is 14.0 Å². The first-order valence-electron chi connectivity index (χ1n) is 11.5. The van der Waals surface area contributed by atoms with Crippen molar-refractivity contribution in [1.29, 1.82) is 0 Å². The van der Waals surface area contributed by atoms with Crippen molar-refractivity contribution in [3.63, 3.8) is 0 Å². The van der Waals surface area contributed by atoms with Gasteiger partial charge < -0.3 is 16.0 Å². The van der Waals surface area contributed by atoms with Crippen molar-refractivity contribution >= 4 is 29.0 Å². The number of amides is 2. The van der Waals surface area contributed by atoms with Crippen LogP contribution in [0.3, 0.4) is 0 Å². The van der Waals surface area contributed by atoms with Crippen molar-refractivity contribution < 1.29 is 14.0 Å². The van der Waals surface area contributed by atoms with Crippen LogP contribution in [0, 0.1) is 18.7 Å². The molecular weight excluding hydrogens is 435 g/mol. The topological polar surface area (TPSA) is 101 Å². The average Bonchev–Trinajstić information content (AvgIpc) is 3.48. The molecule has 1 unspecified atom stereocenters. The highest BCUT2D eigenvalue weighted by Crippen LogP contribution is 2.29. The Morgan fingerprint density at radius 1 is 1.21 bits per heavy atom. The molecule has 34 heavy (non-hydrogen) atoms. The lowest BCUT2D eigenvalue weighted by molar-refractivity contribution is -0.118. The van der Waals surface area contributed by atoms with Gasteiger partial charge in [-0.3, -0.25) is 14.3 Å². The van der Waals surface area contributed by atoms with Gasteiger partial charge in [-0.1, -0.05) is 31.7 Å². The van der Waals surface area contributed by atoms with Crippen LogP contribution in [0.5, 0.6) is 0 Å². The summed E-state index contributed by atoms with van der Waals surface area (Å²) < 4.78 is 15.9. The summed E-state index contributed by atoms with van der Waals surface area (Å²) in [5.74, 6) is -0.596. The quantitative estimate of drug-likeness (QED) is 0.461. The molecule has 0 radical (unpaired) electrons. The fourth-order valence-electron chi connectivity index (χ4n) is 4.27. The maximum Gasteiger partial charge on any atom is 0.252 e. The zero-order valence-electron chi connectivity index (χ0n) is 19.3. The van der Waals surface area contributed by atoms with Gasteiger partial charge in [0.05, 0.1) is 11.9 Å². The van der Waals surface area contributed by atoms with E-state index in [-0.39, 0.29) is 17.6 Å². The minimum atomic E-state index is -0.677. The number of pyridine rings is 1. The Balaban J connectivity index is 1.48. The number of hydrogen-bond acceptors (Lipinski definition) is 5. The maximum absolute atomic E-state index is 14.3. The predicted molar refractivity (Wildman–Crippen MR) is 128 cm³/mol. The summed E-state index contributed by atoms with van der Waals surface area (Å²) >= 11 is 0. The summed E-state index contributed by atoms with van der Waals surface area (Å²) in [6, 6.07) is 7.61. The fraction of sp³-hybridized carbons (Fsp3) is 0.360. The van der Waals surface area contributed by atoms with E-state index in [2.05, 4.69) is 26.0 Å². The average molecular weight is 465 g/mol. The zero-order chi connectivity index (χ0) is 24.1. The summed E-state index contributed by atoms with van der Waals surface area (Å²) in [4.78, 5) is 30.2. The molecule has 178 valence electrons. The molecule has 0 aliphatic heterocycles. The second kappa shape index (κ2) is 10.5. The molecule has 3 aromatic rings. The van der Waals surface area contributed by atoms with Crippen molar-refractivity contribution in [3.8, 4) is 0 Å². The molecule has 1 aliphatic rings. The van der Waals surface area contributed by atoms with Gasteiger partial charge in [-0.25, -0.2) is 9.37 Å². The van der Waals surface area contributed by atoms with Crippen molar-refractivity contribution in [3.05, 3.63) is 65.9 Å². The summed E-state index contributed by atoms with van der Waals surface area (Å²) in [7, 11) is 1.77. The Kier molecular flexibility index (Phi) is 7.20. The molecule has 2 aromatic heterocycles.